The van der Waals surface area contributed by atoms with Crippen molar-refractivity contribution in [1.82, 2.24) is 10.2 Å². The van der Waals surface area contributed by atoms with Crippen molar-refractivity contribution < 1.29 is 9.59 Å². The van der Waals surface area contributed by atoms with Gasteiger partial charge < -0.3 is 10.2 Å². The van der Waals surface area contributed by atoms with Gasteiger partial charge in [0.25, 0.3) is 0 Å². The van der Waals surface area contributed by atoms with Crippen LogP contribution in [0.2, 0.25) is 0 Å². The molecule has 124 valence electrons. The van der Waals surface area contributed by atoms with Gasteiger partial charge in [0.05, 0.1) is 5.75 Å². The standard InChI is InChI=1S/C18H24N2O2S/c1-13-2-6-16(7-3-13)23-12-17(21)20-10-8-15(9-11-20)19-18(22)14-4-5-14/h2-3,6-7,14-15H,4-5,8-12H2,1H3,(H,19,22). The Morgan fingerprint density at radius 1 is 1.13 bits per heavy atom. The van der Waals surface area contributed by atoms with E-state index in [4.69, 9.17) is 0 Å². The zero-order valence-electron chi connectivity index (χ0n) is 13.6. The highest BCUT2D eigenvalue weighted by atomic mass is 32.2. The number of nitrogens with one attached hydrogen (secondary N) is 1. The van der Waals surface area contributed by atoms with Crippen molar-refractivity contribution in [2.24, 2.45) is 5.92 Å². The van der Waals surface area contributed by atoms with E-state index in [1.54, 1.807) is 11.8 Å². The second-order valence-electron chi connectivity index (χ2n) is 6.54. The average Bonchev–Trinajstić information content (AvgIpc) is 3.40. The monoisotopic (exact) mass is 332 g/mol. The van der Waals surface area contributed by atoms with Crippen LogP contribution in [0.1, 0.15) is 31.2 Å². The molecule has 1 aromatic carbocycles. The van der Waals surface area contributed by atoms with Gasteiger partial charge in [-0.1, -0.05) is 17.7 Å². The third-order valence-corrected chi connectivity index (χ3v) is 5.52. The SMILES string of the molecule is Cc1ccc(SCC(=O)N2CCC(NC(=O)C3CC3)CC2)cc1. The van der Waals surface area contributed by atoms with Crippen molar-refractivity contribution in [1.29, 1.82) is 0 Å². The number of amides is 2. The van der Waals surface area contributed by atoms with Crippen LogP contribution in [0.15, 0.2) is 29.2 Å². The summed E-state index contributed by atoms with van der Waals surface area (Å²) < 4.78 is 0. The summed E-state index contributed by atoms with van der Waals surface area (Å²) in [7, 11) is 0. The molecule has 0 aromatic heterocycles. The molecular weight excluding hydrogens is 308 g/mol. The number of carbonyl (C=O) groups excluding carboxylic acids is 2. The van der Waals surface area contributed by atoms with Gasteiger partial charge in [0, 0.05) is 29.9 Å². The molecular formula is C18H24N2O2S. The van der Waals surface area contributed by atoms with Crippen LogP contribution in [0.4, 0.5) is 0 Å². The molecule has 0 unspecified atom stereocenters. The molecule has 0 spiro atoms. The van der Waals surface area contributed by atoms with Crippen LogP contribution in [0.3, 0.4) is 0 Å². The highest BCUT2D eigenvalue weighted by Gasteiger charge is 2.32. The van der Waals surface area contributed by atoms with E-state index in [9.17, 15) is 9.59 Å². The zero-order chi connectivity index (χ0) is 16.2. The van der Waals surface area contributed by atoms with Crippen molar-refractivity contribution in [3.05, 3.63) is 29.8 Å². The second kappa shape index (κ2) is 7.39. The van der Waals surface area contributed by atoms with Gasteiger partial charge in [0.1, 0.15) is 0 Å². The number of aryl methyl sites for hydroxylation is 1. The number of hydrogen-bond donors (Lipinski definition) is 1. The summed E-state index contributed by atoms with van der Waals surface area (Å²) in [5, 5.41) is 3.12. The summed E-state index contributed by atoms with van der Waals surface area (Å²) in [4.78, 5) is 27.1. The molecule has 2 aliphatic rings. The van der Waals surface area contributed by atoms with Gasteiger partial charge in [0.2, 0.25) is 11.8 Å². The third-order valence-electron chi connectivity index (χ3n) is 4.53. The molecule has 1 aliphatic heterocycles. The Hall–Kier alpha value is -1.49. The highest BCUT2D eigenvalue weighted by molar-refractivity contribution is 8.00. The first-order valence-electron chi connectivity index (χ1n) is 8.39. The molecule has 1 N–H and O–H groups in total. The first-order valence-corrected chi connectivity index (χ1v) is 9.38. The molecule has 5 heteroatoms. The molecule has 0 atom stereocenters. The second-order valence-corrected chi connectivity index (χ2v) is 7.59. The molecule has 1 aromatic rings. The molecule has 4 nitrogen and oxygen atoms in total. The van der Waals surface area contributed by atoms with Crippen LogP contribution >= 0.6 is 11.8 Å². The van der Waals surface area contributed by atoms with Gasteiger partial charge >= 0.3 is 0 Å². The van der Waals surface area contributed by atoms with E-state index in [2.05, 4.69) is 36.5 Å². The number of thioether (sulfide) groups is 1. The van der Waals surface area contributed by atoms with E-state index in [1.807, 2.05) is 4.90 Å². The average molecular weight is 332 g/mol. The number of carbonyl (C=O) groups is 2. The minimum Gasteiger partial charge on any atom is -0.353 e. The van der Waals surface area contributed by atoms with Crippen molar-refractivity contribution >= 4 is 23.6 Å². The maximum absolute atomic E-state index is 12.3. The van der Waals surface area contributed by atoms with Crippen LogP contribution in [-0.4, -0.2) is 41.6 Å². The van der Waals surface area contributed by atoms with E-state index in [-0.39, 0.29) is 23.8 Å². The Kier molecular flexibility index (Phi) is 5.26. The number of hydrogen-bond acceptors (Lipinski definition) is 3. The molecule has 1 aliphatic carbocycles. The van der Waals surface area contributed by atoms with Crippen LogP contribution in [-0.2, 0) is 9.59 Å². The van der Waals surface area contributed by atoms with Crippen LogP contribution in [0.25, 0.3) is 0 Å². The quantitative estimate of drug-likeness (QED) is 0.843. The summed E-state index contributed by atoms with van der Waals surface area (Å²) >= 11 is 1.59. The van der Waals surface area contributed by atoms with E-state index in [0.29, 0.717) is 5.75 Å². The Bertz CT molecular complexity index is 561. The van der Waals surface area contributed by atoms with Gasteiger partial charge in [-0.25, -0.2) is 0 Å². The Balaban J connectivity index is 1.39. The van der Waals surface area contributed by atoms with Gasteiger partial charge in [-0.3, -0.25) is 9.59 Å². The summed E-state index contributed by atoms with van der Waals surface area (Å²) in [6, 6.07) is 8.51. The fourth-order valence-electron chi connectivity index (χ4n) is 2.81. The molecule has 2 fully saturated rings. The Labute approximate surface area is 142 Å². The Morgan fingerprint density at radius 3 is 2.39 bits per heavy atom. The molecule has 0 bridgehead atoms. The van der Waals surface area contributed by atoms with Gasteiger partial charge in [-0.2, -0.15) is 0 Å². The summed E-state index contributed by atoms with van der Waals surface area (Å²) in [6.07, 6.45) is 3.83. The topological polar surface area (TPSA) is 49.4 Å². The normalized spacial score (nSPS) is 18.7. The van der Waals surface area contributed by atoms with Gasteiger partial charge in [-0.15, -0.1) is 11.8 Å². The first kappa shape index (κ1) is 16.4. The van der Waals surface area contributed by atoms with Crippen molar-refractivity contribution in [2.45, 2.75) is 43.5 Å². The number of likely N-dealkylation sites (tertiary alicyclic amines) is 1. The van der Waals surface area contributed by atoms with E-state index in [0.717, 1.165) is 43.7 Å². The minimum atomic E-state index is 0.197. The lowest BCUT2D eigenvalue weighted by atomic mass is 10.0. The smallest absolute Gasteiger partial charge is 0.232 e. The predicted molar refractivity (Wildman–Crippen MR) is 92.4 cm³/mol. The van der Waals surface area contributed by atoms with Gasteiger partial charge in [-0.05, 0) is 44.7 Å². The predicted octanol–water partition coefficient (Wildman–Crippen LogP) is 2.60. The number of rotatable bonds is 5. The third kappa shape index (κ3) is 4.74. The molecule has 1 saturated carbocycles. The lowest BCUT2D eigenvalue weighted by Gasteiger charge is -2.32. The lowest BCUT2D eigenvalue weighted by Crippen LogP contribution is -2.47. The molecule has 0 radical (unpaired) electrons. The maximum atomic E-state index is 12.3. The lowest BCUT2D eigenvalue weighted by molar-refractivity contribution is -0.129. The molecule has 1 heterocycles. The largest absolute Gasteiger partial charge is 0.353 e. The maximum Gasteiger partial charge on any atom is 0.232 e. The number of nitrogens with zero attached hydrogens (tertiary/aromatic N) is 1. The van der Waals surface area contributed by atoms with Crippen molar-refractivity contribution in [3.63, 3.8) is 0 Å². The minimum absolute atomic E-state index is 0.197. The van der Waals surface area contributed by atoms with E-state index < -0.39 is 0 Å². The van der Waals surface area contributed by atoms with Crippen molar-refractivity contribution in [2.75, 3.05) is 18.8 Å². The highest BCUT2D eigenvalue weighted by Crippen LogP contribution is 2.29. The summed E-state index contributed by atoms with van der Waals surface area (Å²) in [6.45, 7) is 3.57. The summed E-state index contributed by atoms with van der Waals surface area (Å²) in [5.41, 5.74) is 1.23. The molecule has 2 amide bonds. The molecule has 3 rings (SSSR count). The molecule has 23 heavy (non-hydrogen) atoms. The summed E-state index contributed by atoms with van der Waals surface area (Å²) in [5.74, 6) is 1.16. The fourth-order valence-corrected chi connectivity index (χ4v) is 3.61. The van der Waals surface area contributed by atoms with Gasteiger partial charge in [0.15, 0.2) is 0 Å². The van der Waals surface area contributed by atoms with Crippen molar-refractivity contribution in [3.8, 4) is 0 Å². The Morgan fingerprint density at radius 2 is 1.78 bits per heavy atom. The zero-order valence-corrected chi connectivity index (χ0v) is 14.4. The van der Waals surface area contributed by atoms with Crippen LogP contribution in [0.5, 0.6) is 0 Å². The molecule has 1 saturated heterocycles. The number of benzene rings is 1. The van der Waals surface area contributed by atoms with E-state index in [1.165, 1.54) is 5.56 Å². The fraction of sp³-hybridized carbons (Fsp3) is 0.556. The van der Waals surface area contributed by atoms with Crippen LogP contribution < -0.4 is 5.32 Å². The number of piperidine rings is 1. The first-order chi connectivity index (χ1) is 11.1. The van der Waals surface area contributed by atoms with E-state index >= 15 is 0 Å². The van der Waals surface area contributed by atoms with Crippen LogP contribution in [0, 0.1) is 12.8 Å².